The molecule has 15 atom stereocenters. The Morgan fingerprint density at radius 3 is 0.331 bits per heavy atom. The van der Waals surface area contributed by atoms with Gasteiger partial charge in [-0.25, -0.2) is 4.79 Å². The molecule has 0 radical (unpaired) electrons. The van der Waals surface area contributed by atoms with Crippen molar-refractivity contribution in [3.05, 3.63) is 0 Å². The highest BCUT2D eigenvalue weighted by atomic mass is 16.4. The summed E-state index contributed by atoms with van der Waals surface area (Å²) in [5, 5.41) is 49.4. The molecule has 31 heteroatoms. The number of aliphatic carboxylic acids is 1. The predicted molar refractivity (Wildman–Crippen MR) is 474 cm³/mol. The minimum Gasteiger partial charge on any atom is -0.480 e. The number of carbonyl (C=O) groups excluding carboxylic acids is 14. The van der Waals surface area contributed by atoms with Crippen LogP contribution < -0.4 is 80.2 Å². The maximum absolute atomic E-state index is 14.8. The molecule has 0 bridgehead atoms. The Morgan fingerprint density at radius 2 is 0.240 bits per heavy atom. The second kappa shape index (κ2) is 56.7. The van der Waals surface area contributed by atoms with Crippen LogP contribution in [0.1, 0.15) is 304 Å². The number of nitrogens with one attached hydrogen (secondary N) is 14. The lowest BCUT2D eigenvalue weighted by molar-refractivity contribution is -0.143. The average Bonchev–Trinajstić information content (AvgIpc) is 0.850. The van der Waals surface area contributed by atoms with Gasteiger partial charge in [-0.05, 0) is 185 Å². The van der Waals surface area contributed by atoms with Crippen molar-refractivity contribution in [3.63, 3.8) is 0 Å². The quantitative estimate of drug-likeness (QED) is 0.0275. The number of amides is 14. The van der Waals surface area contributed by atoms with E-state index in [4.69, 9.17) is 5.73 Å². The molecule has 0 rings (SSSR count). The van der Waals surface area contributed by atoms with E-state index in [1.807, 2.05) is 208 Å². The summed E-state index contributed by atoms with van der Waals surface area (Å²) < 4.78 is 0. The van der Waals surface area contributed by atoms with E-state index in [2.05, 4.69) is 74.4 Å². The molecule has 0 aliphatic rings. The third-order valence-corrected chi connectivity index (χ3v) is 19.8. The third-order valence-electron chi connectivity index (χ3n) is 19.8. The van der Waals surface area contributed by atoms with Gasteiger partial charge in [0.2, 0.25) is 82.7 Å². The summed E-state index contributed by atoms with van der Waals surface area (Å²) in [6.45, 7) is 55.8. The average molecular weight is 1720 g/mol. The van der Waals surface area contributed by atoms with Gasteiger partial charge in [0.25, 0.3) is 0 Å². The van der Waals surface area contributed by atoms with Crippen molar-refractivity contribution < 1.29 is 77.0 Å². The van der Waals surface area contributed by atoms with Crippen molar-refractivity contribution in [2.45, 2.75) is 395 Å². The smallest absolute Gasteiger partial charge is 0.326 e. The maximum atomic E-state index is 14.8. The van der Waals surface area contributed by atoms with Crippen LogP contribution in [0, 0.1) is 88.8 Å². The van der Waals surface area contributed by atoms with E-state index in [1.165, 1.54) is 0 Å². The minimum atomic E-state index is -1.27. The number of carbonyl (C=O) groups is 15. The van der Waals surface area contributed by atoms with Crippen LogP contribution >= 0.6 is 0 Å². The fourth-order valence-electron chi connectivity index (χ4n) is 14.3. The van der Waals surface area contributed by atoms with E-state index in [0.29, 0.717) is 6.42 Å². The zero-order valence-electron chi connectivity index (χ0n) is 79.6. The Kier molecular flexibility index (Phi) is 53.0. The van der Waals surface area contributed by atoms with Gasteiger partial charge >= 0.3 is 5.97 Å². The lowest BCUT2D eigenvalue weighted by Gasteiger charge is -2.30. The molecular weight excluding hydrogens is 1550 g/mol. The van der Waals surface area contributed by atoms with Gasteiger partial charge in [-0.1, -0.05) is 208 Å². The van der Waals surface area contributed by atoms with Crippen LogP contribution in [0.2, 0.25) is 0 Å². The molecule has 0 fully saturated rings. The topological polar surface area (TPSA) is 471 Å². The third kappa shape index (κ3) is 48.0. The van der Waals surface area contributed by atoms with Crippen LogP contribution in [0.25, 0.3) is 0 Å². The van der Waals surface area contributed by atoms with Crippen molar-refractivity contribution in [2.24, 2.45) is 94.5 Å². The van der Waals surface area contributed by atoms with Gasteiger partial charge in [-0.3, -0.25) is 67.1 Å². The SMILES string of the molecule is CC(C)C[C@H](NC(=O)[C@H](CC(C)C)NC(=O)[C@H](CC(C)C)NC(=O)[C@H](CC(C)C)NC(=O)[C@H](CC(C)C)NC(=O)[C@H](CC(C)C)NC(=O)[C@H](CC(C)C)NC(=O)[C@H](CC(C)C)NC(=O)[C@H](CC(C)C)NC(=O)[C@H](CC(C)C)NC(=O)[C@H](CC(C)C)NC(=O)[C@H](CC(C)C)NC(=O)[C@H](CC(C)C)NC(=O)[C@H](CC(C)C)NC(=O)[C@@H](N)CC(C)C)C(=O)O. The Balaban J connectivity index is 7.24. The first kappa shape index (κ1) is 113. The summed E-state index contributed by atoms with van der Waals surface area (Å²) in [7, 11) is 0. The highest BCUT2D eigenvalue weighted by Gasteiger charge is 2.40. The minimum absolute atomic E-state index is 0.0250. The van der Waals surface area contributed by atoms with Crippen molar-refractivity contribution in [2.75, 3.05) is 0 Å². The number of hydrogen-bond acceptors (Lipinski definition) is 16. The van der Waals surface area contributed by atoms with Gasteiger partial charge in [0.1, 0.15) is 84.6 Å². The molecule has 698 valence electrons. The first-order valence-corrected chi connectivity index (χ1v) is 45.1. The van der Waals surface area contributed by atoms with Gasteiger partial charge in [-0.2, -0.15) is 0 Å². The summed E-state index contributed by atoms with van der Waals surface area (Å²) >= 11 is 0. The standard InChI is InChI=1S/C90H167N15O16/c1-46(2)31-61(91)76(106)92-62(32-47(3)4)77(107)93-63(33-48(5)6)78(108)94-64(34-49(7)8)79(109)95-65(35-50(9)10)80(110)96-66(36-51(11)12)81(111)97-67(37-52(13)14)82(112)98-68(38-53(15)16)83(113)99-69(39-54(17)18)84(114)100-70(40-55(19)20)85(115)101-71(41-56(21)22)86(116)102-72(42-57(23)24)87(117)103-73(43-58(25)26)88(118)104-74(44-59(27)28)89(119)105-75(90(120)121)45-60(29)30/h46-75H,31-45,91H2,1-30H3,(H,92,106)(H,93,107)(H,94,108)(H,95,109)(H,96,110)(H,97,111)(H,98,112)(H,99,113)(H,100,114)(H,101,115)(H,102,116)(H,103,117)(H,104,118)(H,105,119)(H,120,121)/t61-,62-,63-,64-,65-,66-,67-,68-,69-,70-,71-,72-,73-,74-,75-/m0/s1. The highest BCUT2D eigenvalue weighted by Crippen LogP contribution is 2.21. The molecule has 31 nitrogen and oxygen atoms in total. The first-order chi connectivity index (χ1) is 55.8. The molecule has 0 heterocycles. The van der Waals surface area contributed by atoms with Gasteiger partial charge in [0, 0.05) is 0 Å². The second-order valence-electron chi connectivity index (χ2n) is 40.2. The van der Waals surface area contributed by atoms with Gasteiger partial charge < -0.3 is 85.3 Å². The van der Waals surface area contributed by atoms with Crippen LogP contribution in [0.3, 0.4) is 0 Å². The van der Waals surface area contributed by atoms with Crippen LogP contribution in [0.15, 0.2) is 0 Å². The Labute approximate surface area is 725 Å². The zero-order valence-corrected chi connectivity index (χ0v) is 79.6. The summed E-state index contributed by atoms with van der Waals surface area (Å²) in [4.78, 5) is 214. The van der Waals surface area contributed by atoms with E-state index >= 15 is 0 Å². The molecule has 0 unspecified atom stereocenters. The number of rotatable bonds is 59. The van der Waals surface area contributed by atoms with Gasteiger partial charge in [-0.15, -0.1) is 0 Å². The molecular formula is C90H167N15O16. The van der Waals surface area contributed by atoms with E-state index in [1.54, 1.807) is 0 Å². The zero-order chi connectivity index (χ0) is 93.5. The van der Waals surface area contributed by atoms with E-state index in [0.717, 1.165) is 0 Å². The molecule has 0 aliphatic carbocycles. The molecule has 0 aromatic heterocycles. The molecule has 0 aromatic carbocycles. The van der Waals surface area contributed by atoms with E-state index in [9.17, 15) is 77.0 Å². The number of carboxylic acids is 1. The van der Waals surface area contributed by atoms with E-state index < -0.39 is 179 Å². The molecule has 0 saturated heterocycles. The molecule has 17 N–H and O–H groups in total. The molecule has 0 aliphatic heterocycles. The van der Waals surface area contributed by atoms with Gasteiger partial charge in [0.15, 0.2) is 0 Å². The fraction of sp³-hybridized carbons (Fsp3) is 0.833. The lowest BCUT2D eigenvalue weighted by Crippen LogP contribution is -2.61. The summed E-state index contributed by atoms with van der Waals surface area (Å²) in [5.74, 6) is -12.7. The molecule has 0 aromatic rings. The number of nitrogens with two attached hydrogens (primary N) is 1. The molecule has 0 spiro atoms. The predicted octanol–water partition coefficient (Wildman–Crippen LogP) is 7.88. The number of hydrogen-bond donors (Lipinski definition) is 16. The highest BCUT2D eigenvalue weighted by molar-refractivity contribution is 6.00. The monoisotopic (exact) mass is 1710 g/mol. The van der Waals surface area contributed by atoms with Crippen LogP contribution in [0.4, 0.5) is 0 Å². The van der Waals surface area contributed by atoms with Crippen LogP contribution in [-0.4, -0.2) is 184 Å². The van der Waals surface area contributed by atoms with Crippen LogP contribution in [-0.2, 0) is 71.9 Å². The Morgan fingerprint density at radius 1 is 0.157 bits per heavy atom. The summed E-state index contributed by atoms with van der Waals surface area (Å²) in [6, 6.07) is -17.7. The normalized spacial score (nSPS) is 15.7. The molecule has 14 amide bonds. The van der Waals surface area contributed by atoms with E-state index in [-0.39, 0.29) is 179 Å². The second-order valence-corrected chi connectivity index (χ2v) is 40.2. The van der Waals surface area contributed by atoms with Crippen molar-refractivity contribution in [1.82, 2.24) is 74.4 Å². The molecule has 121 heavy (non-hydrogen) atoms. The fourth-order valence-corrected chi connectivity index (χ4v) is 14.3. The summed E-state index contributed by atoms with van der Waals surface area (Å²) in [5.41, 5.74) is 6.20. The molecule has 0 saturated carbocycles. The Bertz CT molecular complexity index is 3210. The Hall–Kier alpha value is -7.99. The number of carboxylic acid groups (broad SMARTS) is 1. The lowest BCUT2D eigenvalue weighted by atomic mass is 9.97. The summed E-state index contributed by atoms with van der Waals surface area (Å²) in [6.07, 6.45) is 2.17. The van der Waals surface area contributed by atoms with Gasteiger partial charge in [0.05, 0.1) is 6.04 Å². The van der Waals surface area contributed by atoms with Crippen LogP contribution in [0.5, 0.6) is 0 Å². The largest absolute Gasteiger partial charge is 0.480 e. The van der Waals surface area contributed by atoms with Crippen molar-refractivity contribution in [3.8, 4) is 0 Å². The van der Waals surface area contributed by atoms with Crippen molar-refractivity contribution in [1.29, 1.82) is 0 Å². The van der Waals surface area contributed by atoms with Crippen molar-refractivity contribution >= 4 is 88.7 Å². The first-order valence-electron chi connectivity index (χ1n) is 45.1. The maximum Gasteiger partial charge on any atom is 0.326 e.